The zero-order valence-electron chi connectivity index (χ0n) is 19.3. The molecule has 2 amide bonds. The maximum absolute atomic E-state index is 12.5. The number of nitrogens with one attached hydrogen (secondary N) is 2. The van der Waals surface area contributed by atoms with Crippen LogP contribution >= 0.6 is 11.3 Å². The van der Waals surface area contributed by atoms with Crippen LogP contribution in [0.1, 0.15) is 34.4 Å². The number of aryl methyl sites for hydroxylation is 1. The van der Waals surface area contributed by atoms with E-state index in [2.05, 4.69) is 21.9 Å². The number of nitriles is 1. The van der Waals surface area contributed by atoms with Gasteiger partial charge in [-0.15, -0.1) is 11.3 Å². The molecule has 0 radical (unpaired) electrons. The Morgan fingerprint density at radius 2 is 1.75 bits per heavy atom. The zero-order valence-corrected chi connectivity index (χ0v) is 20.1. The topological polar surface area (TPSA) is 112 Å². The average Bonchev–Trinajstić information content (AvgIpc) is 3.50. The summed E-state index contributed by atoms with van der Waals surface area (Å²) in [6, 6.07) is 21.5. The Morgan fingerprint density at radius 3 is 2.50 bits per heavy atom. The van der Waals surface area contributed by atoms with Gasteiger partial charge in [0.25, 0.3) is 0 Å². The molecule has 2 heterocycles. The number of thiophene rings is 1. The van der Waals surface area contributed by atoms with Gasteiger partial charge >= 0.3 is 11.8 Å². The molecule has 1 aliphatic rings. The van der Waals surface area contributed by atoms with E-state index in [0.29, 0.717) is 21.8 Å². The number of carbonyl (C=O) groups is 2. The summed E-state index contributed by atoms with van der Waals surface area (Å²) in [5.41, 5.74) is 6.86. The third-order valence-electron chi connectivity index (χ3n) is 5.90. The third kappa shape index (κ3) is 4.80. The Balaban J connectivity index is 1.32. The molecule has 9 heteroatoms. The first-order chi connectivity index (χ1) is 17.6. The first kappa shape index (κ1) is 23.2. The summed E-state index contributed by atoms with van der Waals surface area (Å²) in [5.74, 6) is -1.79. The maximum Gasteiger partial charge on any atom is 0.329 e. The number of hydrogen-bond acceptors (Lipinski definition) is 6. The summed E-state index contributed by atoms with van der Waals surface area (Å²) < 4.78 is 1.74. The quantitative estimate of drug-likeness (QED) is 0.243. The van der Waals surface area contributed by atoms with Gasteiger partial charge in [0.05, 0.1) is 17.5 Å². The number of nitrogens with zero attached hydrogens (tertiary/aromatic N) is 4. The second-order valence-corrected chi connectivity index (χ2v) is 9.36. The number of aromatic nitrogens is 2. The summed E-state index contributed by atoms with van der Waals surface area (Å²) >= 11 is 1.37. The van der Waals surface area contributed by atoms with Gasteiger partial charge in [0, 0.05) is 22.2 Å². The minimum Gasteiger partial charge on any atom is -0.308 e. The van der Waals surface area contributed by atoms with Gasteiger partial charge in [-0.25, -0.2) is 10.1 Å². The van der Waals surface area contributed by atoms with Gasteiger partial charge in [-0.05, 0) is 43.4 Å². The molecular weight excluding hydrogens is 472 g/mol. The van der Waals surface area contributed by atoms with Gasteiger partial charge in [0.2, 0.25) is 0 Å². The van der Waals surface area contributed by atoms with Crippen LogP contribution in [0.15, 0.2) is 72.0 Å². The van der Waals surface area contributed by atoms with Crippen LogP contribution in [-0.4, -0.2) is 27.8 Å². The van der Waals surface area contributed by atoms with Crippen molar-refractivity contribution in [3.63, 3.8) is 0 Å². The molecule has 2 N–H and O–H groups in total. The molecule has 0 saturated heterocycles. The van der Waals surface area contributed by atoms with E-state index in [-0.39, 0.29) is 0 Å². The molecule has 5 rings (SSSR count). The monoisotopic (exact) mass is 494 g/mol. The summed E-state index contributed by atoms with van der Waals surface area (Å²) in [7, 11) is 0. The molecule has 2 aromatic heterocycles. The Bertz CT molecular complexity index is 1480. The van der Waals surface area contributed by atoms with Gasteiger partial charge in [-0.3, -0.25) is 9.59 Å². The predicted molar refractivity (Wildman–Crippen MR) is 139 cm³/mol. The minimum atomic E-state index is -0.918. The van der Waals surface area contributed by atoms with Crippen LogP contribution < -0.4 is 10.7 Å². The SMILES string of the molecule is N#Cc1c(NC(=O)C(=O)N/N=C/c2cn(-c3ccccc3)nc2-c2ccccc2)sc2c1CCCC2. The predicted octanol–water partition coefficient (Wildman–Crippen LogP) is 4.44. The maximum atomic E-state index is 12.5. The van der Waals surface area contributed by atoms with Crippen molar-refractivity contribution in [1.82, 2.24) is 15.2 Å². The molecule has 178 valence electrons. The summed E-state index contributed by atoms with van der Waals surface area (Å²) in [5, 5.41) is 21.3. The Morgan fingerprint density at radius 1 is 1.03 bits per heavy atom. The average molecular weight is 495 g/mol. The van der Waals surface area contributed by atoms with E-state index >= 15 is 0 Å². The van der Waals surface area contributed by atoms with Gasteiger partial charge < -0.3 is 5.32 Å². The van der Waals surface area contributed by atoms with Crippen LogP contribution in [0.25, 0.3) is 16.9 Å². The molecule has 8 nitrogen and oxygen atoms in total. The Hall–Kier alpha value is -4.55. The number of carbonyl (C=O) groups excluding carboxylic acids is 2. The molecule has 0 bridgehead atoms. The first-order valence-corrected chi connectivity index (χ1v) is 12.3. The van der Waals surface area contributed by atoms with E-state index in [1.807, 2.05) is 66.9 Å². The Kier molecular flexibility index (Phi) is 6.69. The summed E-state index contributed by atoms with van der Waals surface area (Å²) in [6.45, 7) is 0. The molecule has 0 saturated carbocycles. The van der Waals surface area contributed by atoms with Crippen molar-refractivity contribution in [3.05, 3.63) is 88.4 Å². The highest BCUT2D eigenvalue weighted by Gasteiger charge is 2.23. The van der Waals surface area contributed by atoms with Crippen molar-refractivity contribution in [2.75, 3.05) is 5.32 Å². The first-order valence-electron chi connectivity index (χ1n) is 11.5. The lowest BCUT2D eigenvalue weighted by molar-refractivity contribution is -0.136. The number of hydrazone groups is 1. The summed E-state index contributed by atoms with van der Waals surface area (Å²) in [6.07, 6.45) is 7.07. The molecule has 0 unspecified atom stereocenters. The third-order valence-corrected chi connectivity index (χ3v) is 7.10. The highest BCUT2D eigenvalue weighted by atomic mass is 32.1. The van der Waals surface area contributed by atoms with Crippen LogP contribution in [0.2, 0.25) is 0 Å². The van der Waals surface area contributed by atoms with Crippen molar-refractivity contribution < 1.29 is 9.59 Å². The van der Waals surface area contributed by atoms with Crippen LogP contribution in [0.5, 0.6) is 0 Å². The standard InChI is InChI=1S/C27H22N6O2S/c28-15-22-21-13-7-8-14-23(21)36-27(22)30-25(34)26(35)31-29-16-19-17-33(20-11-5-2-6-12-20)32-24(19)18-9-3-1-4-10-18/h1-6,9-12,16-17H,7-8,13-14H2,(H,30,34)(H,31,35)/b29-16+. The highest BCUT2D eigenvalue weighted by molar-refractivity contribution is 7.16. The van der Waals surface area contributed by atoms with Crippen molar-refractivity contribution >= 4 is 34.4 Å². The fourth-order valence-electron chi connectivity index (χ4n) is 4.16. The van der Waals surface area contributed by atoms with E-state index in [4.69, 9.17) is 5.10 Å². The second-order valence-electron chi connectivity index (χ2n) is 8.26. The number of amides is 2. The van der Waals surface area contributed by atoms with Crippen molar-refractivity contribution in [2.45, 2.75) is 25.7 Å². The van der Waals surface area contributed by atoms with Gasteiger partial charge in [-0.2, -0.15) is 15.5 Å². The largest absolute Gasteiger partial charge is 0.329 e. The molecule has 0 spiro atoms. The van der Waals surface area contributed by atoms with Gasteiger partial charge in [0.15, 0.2) is 0 Å². The fraction of sp³-hybridized carbons (Fsp3) is 0.148. The zero-order chi connectivity index (χ0) is 24.9. The summed E-state index contributed by atoms with van der Waals surface area (Å²) in [4.78, 5) is 26.0. The van der Waals surface area contributed by atoms with Crippen molar-refractivity contribution in [1.29, 1.82) is 5.26 Å². The lowest BCUT2D eigenvalue weighted by Gasteiger charge is -2.09. The van der Waals surface area contributed by atoms with E-state index in [1.165, 1.54) is 17.6 Å². The number of benzene rings is 2. The van der Waals surface area contributed by atoms with Gasteiger partial charge in [-0.1, -0.05) is 48.5 Å². The Labute approximate surface area is 211 Å². The molecule has 2 aromatic carbocycles. The van der Waals surface area contributed by atoms with E-state index in [1.54, 1.807) is 4.68 Å². The molecule has 0 fully saturated rings. The fourth-order valence-corrected chi connectivity index (χ4v) is 5.39. The van der Waals surface area contributed by atoms with Crippen molar-refractivity contribution in [3.8, 4) is 23.0 Å². The van der Waals surface area contributed by atoms with Gasteiger partial charge in [0.1, 0.15) is 16.8 Å². The number of para-hydroxylation sites is 1. The molecule has 1 aliphatic carbocycles. The van der Waals surface area contributed by atoms with E-state index in [9.17, 15) is 14.9 Å². The second kappa shape index (κ2) is 10.4. The molecular formula is C27H22N6O2S. The minimum absolute atomic E-state index is 0.420. The number of anilines is 1. The van der Waals surface area contributed by atoms with Crippen LogP contribution in [-0.2, 0) is 22.4 Å². The highest BCUT2D eigenvalue weighted by Crippen LogP contribution is 2.37. The molecule has 0 atom stereocenters. The number of hydrogen-bond donors (Lipinski definition) is 2. The number of rotatable bonds is 5. The van der Waals surface area contributed by atoms with Crippen LogP contribution in [0, 0.1) is 11.3 Å². The molecule has 4 aromatic rings. The van der Waals surface area contributed by atoms with Crippen LogP contribution in [0.4, 0.5) is 5.00 Å². The molecule has 0 aliphatic heterocycles. The van der Waals surface area contributed by atoms with E-state index < -0.39 is 11.8 Å². The smallest absolute Gasteiger partial charge is 0.308 e. The molecule has 36 heavy (non-hydrogen) atoms. The van der Waals surface area contributed by atoms with Crippen molar-refractivity contribution in [2.24, 2.45) is 5.10 Å². The normalized spacial score (nSPS) is 12.6. The lowest BCUT2D eigenvalue weighted by atomic mass is 9.96. The number of fused-ring (bicyclic) bond motifs is 1. The van der Waals surface area contributed by atoms with Crippen LogP contribution in [0.3, 0.4) is 0 Å². The lowest BCUT2D eigenvalue weighted by Crippen LogP contribution is -2.32. The van der Waals surface area contributed by atoms with E-state index in [0.717, 1.165) is 47.4 Å².